The number of carboxylic acids is 1. The van der Waals surface area contributed by atoms with E-state index in [-0.39, 0.29) is 21.4 Å². The second kappa shape index (κ2) is 4.85. The van der Waals surface area contributed by atoms with Gasteiger partial charge in [-0.2, -0.15) is 4.31 Å². The van der Waals surface area contributed by atoms with Crippen molar-refractivity contribution in [2.75, 3.05) is 6.54 Å². The summed E-state index contributed by atoms with van der Waals surface area (Å²) in [4.78, 5) is 10.8. The van der Waals surface area contributed by atoms with Crippen molar-refractivity contribution in [2.24, 2.45) is 5.92 Å². The highest BCUT2D eigenvalue weighted by molar-refractivity contribution is 9.10. The van der Waals surface area contributed by atoms with Crippen molar-refractivity contribution in [3.8, 4) is 0 Å². The Balaban J connectivity index is 1.94. The molecule has 0 saturated heterocycles. The van der Waals surface area contributed by atoms with Gasteiger partial charge in [0.1, 0.15) is 4.90 Å². The molecule has 8 heteroatoms. The van der Waals surface area contributed by atoms with Crippen molar-refractivity contribution >= 4 is 31.9 Å². The SMILES string of the molecule is O=C(O)c1cc(S(=O)(=O)N(CC2CC2)C2CC2)c(Br)o1. The van der Waals surface area contributed by atoms with Gasteiger partial charge in [-0.3, -0.25) is 0 Å². The van der Waals surface area contributed by atoms with Gasteiger partial charge in [0.25, 0.3) is 0 Å². The van der Waals surface area contributed by atoms with E-state index in [0.29, 0.717) is 12.5 Å². The van der Waals surface area contributed by atoms with Crippen molar-refractivity contribution in [2.45, 2.75) is 36.6 Å². The second-order valence-corrected chi connectivity index (χ2v) is 7.88. The smallest absolute Gasteiger partial charge is 0.371 e. The molecule has 20 heavy (non-hydrogen) atoms. The van der Waals surface area contributed by atoms with Gasteiger partial charge in [-0.1, -0.05) is 0 Å². The van der Waals surface area contributed by atoms with Crippen molar-refractivity contribution < 1.29 is 22.7 Å². The minimum atomic E-state index is -3.71. The first-order chi connectivity index (χ1) is 9.39. The van der Waals surface area contributed by atoms with E-state index in [1.165, 1.54) is 4.31 Å². The third kappa shape index (κ3) is 2.64. The fourth-order valence-electron chi connectivity index (χ4n) is 2.12. The van der Waals surface area contributed by atoms with E-state index in [2.05, 4.69) is 15.9 Å². The summed E-state index contributed by atoms with van der Waals surface area (Å²) in [7, 11) is -3.71. The Bertz CT molecular complexity index is 645. The number of sulfonamides is 1. The van der Waals surface area contributed by atoms with Crippen LogP contribution in [0.3, 0.4) is 0 Å². The quantitative estimate of drug-likeness (QED) is 0.837. The number of hydrogen-bond acceptors (Lipinski definition) is 4. The molecule has 0 spiro atoms. The van der Waals surface area contributed by atoms with Crippen LogP contribution < -0.4 is 0 Å². The molecule has 3 rings (SSSR count). The van der Waals surface area contributed by atoms with E-state index in [1.807, 2.05) is 0 Å². The lowest BCUT2D eigenvalue weighted by atomic mass is 10.4. The highest BCUT2D eigenvalue weighted by Gasteiger charge is 2.42. The largest absolute Gasteiger partial charge is 0.475 e. The van der Waals surface area contributed by atoms with Crippen LogP contribution in [0, 0.1) is 5.92 Å². The zero-order chi connectivity index (χ0) is 14.5. The zero-order valence-electron chi connectivity index (χ0n) is 10.6. The average Bonchev–Trinajstić information content (AvgIpc) is 3.25. The maximum absolute atomic E-state index is 12.7. The van der Waals surface area contributed by atoms with E-state index < -0.39 is 16.0 Å². The van der Waals surface area contributed by atoms with Crippen LogP contribution in [-0.2, 0) is 10.0 Å². The van der Waals surface area contributed by atoms with E-state index >= 15 is 0 Å². The number of aromatic carboxylic acids is 1. The predicted octanol–water partition coefficient (Wildman–Crippen LogP) is 2.30. The van der Waals surface area contributed by atoms with Gasteiger partial charge in [0, 0.05) is 18.7 Å². The normalized spacial score (nSPS) is 19.5. The molecule has 1 aromatic rings. The molecule has 1 aromatic heterocycles. The molecule has 0 aromatic carbocycles. The zero-order valence-corrected chi connectivity index (χ0v) is 13.0. The molecule has 0 amide bonds. The molecular formula is C12H14BrNO5S. The van der Waals surface area contributed by atoms with Crippen LogP contribution >= 0.6 is 15.9 Å². The minimum absolute atomic E-state index is 0.0450. The second-order valence-electron chi connectivity index (χ2n) is 5.30. The van der Waals surface area contributed by atoms with Gasteiger partial charge in [-0.25, -0.2) is 13.2 Å². The lowest BCUT2D eigenvalue weighted by Crippen LogP contribution is -2.34. The Kier molecular flexibility index (Phi) is 3.42. The molecule has 0 atom stereocenters. The standard InChI is InChI=1S/C12H14BrNO5S/c13-11-10(5-9(19-11)12(15)16)20(17,18)14(8-3-4-8)6-7-1-2-7/h5,7-8H,1-4,6H2,(H,15,16). The Hall–Kier alpha value is -0.860. The van der Waals surface area contributed by atoms with Gasteiger partial charge in [0.05, 0.1) is 0 Å². The van der Waals surface area contributed by atoms with Crippen LogP contribution in [0.5, 0.6) is 0 Å². The van der Waals surface area contributed by atoms with Gasteiger partial charge in [-0.15, -0.1) is 0 Å². The first-order valence-corrected chi connectivity index (χ1v) is 8.67. The molecule has 1 heterocycles. The van der Waals surface area contributed by atoms with Gasteiger partial charge < -0.3 is 9.52 Å². The number of furan rings is 1. The van der Waals surface area contributed by atoms with Gasteiger partial charge in [0.2, 0.25) is 15.8 Å². The molecule has 2 fully saturated rings. The maximum atomic E-state index is 12.7. The molecule has 2 saturated carbocycles. The number of nitrogens with zero attached hydrogens (tertiary/aromatic N) is 1. The summed E-state index contributed by atoms with van der Waals surface area (Å²) in [6, 6.07) is 1.12. The van der Waals surface area contributed by atoms with E-state index in [1.54, 1.807) is 0 Å². The first kappa shape index (κ1) is 14.1. The molecule has 2 aliphatic carbocycles. The minimum Gasteiger partial charge on any atom is -0.475 e. The van der Waals surface area contributed by atoms with Crippen LogP contribution in [0.15, 0.2) is 20.0 Å². The van der Waals surface area contributed by atoms with Crippen LogP contribution in [0.25, 0.3) is 0 Å². The summed E-state index contributed by atoms with van der Waals surface area (Å²) < 4.78 is 31.8. The summed E-state index contributed by atoms with van der Waals surface area (Å²) >= 11 is 3.01. The molecule has 2 aliphatic rings. The van der Waals surface area contributed by atoms with Crippen molar-refractivity contribution in [3.05, 3.63) is 16.5 Å². The van der Waals surface area contributed by atoms with Crippen LogP contribution in [0.2, 0.25) is 0 Å². The summed E-state index contributed by atoms with van der Waals surface area (Å²) in [6.07, 6.45) is 3.86. The van der Waals surface area contributed by atoms with E-state index in [0.717, 1.165) is 31.7 Å². The lowest BCUT2D eigenvalue weighted by Gasteiger charge is -2.20. The third-order valence-electron chi connectivity index (χ3n) is 3.54. The molecular weight excluding hydrogens is 350 g/mol. The van der Waals surface area contributed by atoms with Crippen molar-refractivity contribution in [1.82, 2.24) is 4.31 Å². The molecule has 110 valence electrons. The lowest BCUT2D eigenvalue weighted by molar-refractivity contribution is 0.0661. The molecule has 0 unspecified atom stereocenters. The number of halogens is 1. The number of carbonyl (C=O) groups is 1. The molecule has 0 radical (unpaired) electrons. The molecule has 0 aliphatic heterocycles. The Morgan fingerprint density at radius 3 is 2.50 bits per heavy atom. The number of hydrogen-bond donors (Lipinski definition) is 1. The van der Waals surface area contributed by atoms with Crippen molar-refractivity contribution in [1.29, 1.82) is 0 Å². The van der Waals surface area contributed by atoms with E-state index in [9.17, 15) is 13.2 Å². The summed E-state index contributed by atoms with van der Waals surface area (Å²) in [5.74, 6) is -1.22. The maximum Gasteiger partial charge on any atom is 0.371 e. The van der Waals surface area contributed by atoms with E-state index in [4.69, 9.17) is 9.52 Å². The highest BCUT2D eigenvalue weighted by atomic mass is 79.9. The van der Waals surface area contributed by atoms with Crippen LogP contribution in [-0.4, -0.2) is 36.4 Å². The molecule has 1 N–H and O–H groups in total. The first-order valence-electron chi connectivity index (χ1n) is 6.44. The fraction of sp³-hybridized carbons (Fsp3) is 0.583. The van der Waals surface area contributed by atoms with Crippen LogP contribution in [0.1, 0.15) is 36.2 Å². The number of carboxylic acid groups (broad SMARTS) is 1. The summed E-state index contributed by atoms with van der Waals surface area (Å²) in [5, 5.41) is 8.88. The molecule has 0 bridgehead atoms. The fourth-order valence-corrected chi connectivity index (χ4v) is 4.79. The van der Waals surface area contributed by atoms with Gasteiger partial charge in [0.15, 0.2) is 4.67 Å². The summed E-state index contributed by atoms with van der Waals surface area (Å²) in [5.41, 5.74) is 0. The Morgan fingerprint density at radius 1 is 1.40 bits per heavy atom. The van der Waals surface area contributed by atoms with Crippen LogP contribution in [0.4, 0.5) is 0 Å². The average molecular weight is 364 g/mol. The Morgan fingerprint density at radius 2 is 2.05 bits per heavy atom. The molecule has 6 nitrogen and oxygen atoms in total. The third-order valence-corrected chi connectivity index (χ3v) is 6.32. The van der Waals surface area contributed by atoms with Gasteiger partial charge >= 0.3 is 5.97 Å². The highest BCUT2D eigenvalue weighted by Crippen LogP contribution is 2.39. The Labute approximate surface area is 124 Å². The predicted molar refractivity (Wildman–Crippen MR) is 73.0 cm³/mol. The van der Waals surface area contributed by atoms with Crippen molar-refractivity contribution in [3.63, 3.8) is 0 Å². The summed E-state index contributed by atoms with van der Waals surface area (Å²) in [6.45, 7) is 0.521. The monoisotopic (exact) mass is 363 g/mol. The number of rotatable bonds is 6. The topological polar surface area (TPSA) is 87.8 Å². The van der Waals surface area contributed by atoms with Gasteiger partial charge in [-0.05, 0) is 47.5 Å².